The van der Waals surface area contributed by atoms with Crippen LogP contribution in [0.4, 0.5) is 0 Å². The summed E-state index contributed by atoms with van der Waals surface area (Å²) < 4.78 is 27.1. The molecule has 1 aromatic carbocycles. The lowest BCUT2D eigenvalue weighted by Gasteiger charge is -2.08. The van der Waals surface area contributed by atoms with Crippen LogP contribution >= 0.6 is 0 Å². The van der Waals surface area contributed by atoms with Crippen molar-refractivity contribution in [2.75, 3.05) is 6.61 Å². The molecule has 2 rings (SSSR count). The largest absolute Gasteiger partial charge is 0.384 e. The number of nitrogens with zero attached hydrogens (tertiary/aromatic N) is 2. The molecule has 1 aromatic heterocycles. The Morgan fingerprint density at radius 1 is 1.43 bits per heavy atom. The summed E-state index contributed by atoms with van der Waals surface area (Å²) >= 11 is 0. The zero-order valence-corrected chi connectivity index (χ0v) is 12.1. The number of rotatable bonds is 4. The molecule has 1 heterocycles. The van der Waals surface area contributed by atoms with Gasteiger partial charge < -0.3 is 5.11 Å². The first-order valence-corrected chi connectivity index (χ1v) is 7.55. The fourth-order valence-corrected chi connectivity index (χ4v) is 2.80. The molecule has 7 nitrogen and oxygen atoms in total. The Balaban J connectivity index is 2.30. The predicted octanol–water partition coefficient (Wildman–Crippen LogP) is -0.0646. The highest BCUT2D eigenvalue weighted by molar-refractivity contribution is 7.89. The van der Waals surface area contributed by atoms with E-state index in [9.17, 15) is 8.42 Å². The average Bonchev–Trinajstić information content (AvgIpc) is 2.96. The number of aliphatic hydroxyl groups excluding tert-OH is 1. The summed E-state index contributed by atoms with van der Waals surface area (Å²) in [6.07, 6.45) is 1.30. The molecule has 0 aliphatic carbocycles. The predicted molar refractivity (Wildman–Crippen MR) is 75.6 cm³/mol. The lowest BCUT2D eigenvalue weighted by Crippen LogP contribution is -2.24. The van der Waals surface area contributed by atoms with Crippen LogP contribution in [-0.2, 0) is 16.6 Å². The van der Waals surface area contributed by atoms with Gasteiger partial charge in [-0.15, -0.1) is 0 Å². The molecule has 110 valence electrons. The van der Waals surface area contributed by atoms with E-state index in [2.05, 4.69) is 31.7 Å². The third-order valence-corrected chi connectivity index (χ3v) is 4.08. The molecule has 21 heavy (non-hydrogen) atoms. The van der Waals surface area contributed by atoms with Crippen LogP contribution in [0.3, 0.4) is 0 Å². The summed E-state index contributed by atoms with van der Waals surface area (Å²) in [7, 11) is -3.74. The molecule has 8 heteroatoms. The van der Waals surface area contributed by atoms with Crippen molar-refractivity contribution in [3.63, 3.8) is 0 Å². The average molecular weight is 306 g/mol. The monoisotopic (exact) mass is 306 g/mol. The standard InChI is InChI=1S/C13H14N4O3S/c1-10-4-5-12(11(7-10)3-2-6-18)21(19,20)16-8-13-14-9-15-17-13/h4-5,7,9,16,18H,6,8H2,1H3,(H,14,15,17). The van der Waals surface area contributed by atoms with Crippen LogP contribution in [0.2, 0.25) is 0 Å². The summed E-state index contributed by atoms with van der Waals surface area (Å²) in [5, 5.41) is 15.0. The van der Waals surface area contributed by atoms with E-state index in [-0.39, 0.29) is 18.0 Å². The van der Waals surface area contributed by atoms with E-state index in [0.29, 0.717) is 11.4 Å². The second kappa shape index (κ2) is 6.49. The number of nitrogens with one attached hydrogen (secondary N) is 2. The first-order chi connectivity index (χ1) is 10.0. The topological polar surface area (TPSA) is 108 Å². The van der Waals surface area contributed by atoms with E-state index in [0.717, 1.165) is 5.56 Å². The van der Waals surface area contributed by atoms with Crippen LogP contribution in [0.1, 0.15) is 17.0 Å². The van der Waals surface area contributed by atoms with Crippen LogP contribution in [0.25, 0.3) is 0 Å². The molecule has 0 aliphatic heterocycles. The molecule has 0 unspecified atom stereocenters. The Morgan fingerprint density at radius 2 is 2.24 bits per heavy atom. The van der Waals surface area contributed by atoms with Gasteiger partial charge in [-0.3, -0.25) is 5.10 Å². The van der Waals surface area contributed by atoms with Gasteiger partial charge in [0.2, 0.25) is 10.0 Å². The molecule has 0 saturated heterocycles. The minimum absolute atomic E-state index is 0.00305. The molecule has 0 bridgehead atoms. The van der Waals surface area contributed by atoms with Gasteiger partial charge in [-0.2, -0.15) is 5.10 Å². The van der Waals surface area contributed by atoms with E-state index in [1.165, 1.54) is 12.4 Å². The Bertz CT molecular complexity index is 773. The van der Waals surface area contributed by atoms with Crippen molar-refractivity contribution in [1.29, 1.82) is 0 Å². The highest BCUT2D eigenvalue weighted by atomic mass is 32.2. The number of sulfonamides is 1. The van der Waals surface area contributed by atoms with Gasteiger partial charge in [-0.25, -0.2) is 18.1 Å². The van der Waals surface area contributed by atoms with Crippen LogP contribution in [0.15, 0.2) is 29.4 Å². The van der Waals surface area contributed by atoms with Gasteiger partial charge in [-0.05, 0) is 24.6 Å². The Hall–Kier alpha value is -2.21. The van der Waals surface area contributed by atoms with Gasteiger partial charge in [0.1, 0.15) is 18.8 Å². The number of benzene rings is 1. The van der Waals surface area contributed by atoms with Gasteiger partial charge in [0, 0.05) is 5.56 Å². The van der Waals surface area contributed by atoms with E-state index >= 15 is 0 Å². The molecular formula is C13H14N4O3S. The molecule has 3 N–H and O–H groups in total. The molecule has 0 aliphatic rings. The van der Waals surface area contributed by atoms with Gasteiger partial charge in [0.05, 0.1) is 11.4 Å². The number of aromatic amines is 1. The summed E-state index contributed by atoms with van der Waals surface area (Å²) in [6, 6.07) is 4.83. The molecule has 0 fully saturated rings. The number of hydrogen-bond acceptors (Lipinski definition) is 5. The molecule has 0 radical (unpaired) electrons. The van der Waals surface area contributed by atoms with E-state index < -0.39 is 10.0 Å². The second-order valence-corrected chi connectivity index (χ2v) is 5.95. The quantitative estimate of drug-likeness (QED) is 0.686. The Labute approximate surface area is 122 Å². The maximum Gasteiger partial charge on any atom is 0.242 e. The van der Waals surface area contributed by atoms with Crippen LogP contribution in [0.5, 0.6) is 0 Å². The third-order valence-electron chi connectivity index (χ3n) is 2.62. The summed E-state index contributed by atoms with van der Waals surface area (Å²) in [5.74, 6) is 5.52. The molecule has 0 atom stereocenters. The summed E-state index contributed by atoms with van der Waals surface area (Å²) in [5.41, 5.74) is 1.22. The van der Waals surface area contributed by atoms with Crippen LogP contribution < -0.4 is 4.72 Å². The molecule has 0 saturated carbocycles. The summed E-state index contributed by atoms with van der Waals surface area (Å²) in [4.78, 5) is 3.91. The number of H-pyrrole nitrogens is 1. The third kappa shape index (κ3) is 3.88. The fraction of sp³-hybridized carbons (Fsp3) is 0.231. The highest BCUT2D eigenvalue weighted by Crippen LogP contribution is 2.16. The van der Waals surface area contributed by atoms with Crippen molar-refractivity contribution in [3.05, 3.63) is 41.5 Å². The molecule has 0 spiro atoms. The van der Waals surface area contributed by atoms with Crippen molar-refractivity contribution in [2.24, 2.45) is 0 Å². The lowest BCUT2D eigenvalue weighted by molar-refractivity contribution is 0.350. The fourth-order valence-electron chi connectivity index (χ4n) is 1.67. The van der Waals surface area contributed by atoms with E-state index in [4.69, 9.17) is 5.11 Å². The minimum Gasteiger partial charge on any atom is -0.384 e. The zero-order valence-electron chi connectivity index (χ0n) is 11.3. The normalized spacial score (nSPS) is 11.0. The first kappa shape index (κ1) is 15.2. The highest BCUT2D eigenvalue weighted by Gasteiger charge is 2.18. The maximum atomic E-state index is 12.3. The van der Waals surface area contributed by atoms with Crippen molar-refractivity contribution < 1.29 is 13.5 Å². The number of aryl methyl sites for hydroxylation is 1. The van der Waals surface area contributed by atoms with Gasteiger partial charge in [0.15, 0.2) is 0 Å². The smallest absolute Gasteiger partial charge is 0.242 e. The van der Waals surface area contributed by atoms with E-state index in [1.54, 1.807) is 12.1 Å². The first-order valence-electron chi connectivity index (χ1n) is 6.07. The maximum absolute atomic E-state index is 12.3. The SMILES string of the molecule is Cc1ccc(S(=O)(=O)NCc2ncn[nH]2)c(C#CCO)c1. The lowest BCUT2D eigenvalue weighted by atomic mass is 10.1. The van der Waals surface area contributed by atoms with Gasteiger partial charge in [-0.1, -0.05) is 17.9 Å². The van der Waals surface area contributed by atoms with Crippen LogP contribution in [0, 0.1) is 18.8 Å². The van der Waals surface area contributed by atoms with Crippen molar-refractivity contribution in [1.82, 2.24) is 19.9 Å². The minimum atomic E-state index is -3.74. The number of aliphatic hydroxyl groups is 1. The van der Waals surface area contributed by atoms with Gasteiger partial charge >= 0.3 is 0 Å². The number of hydrogen-bond donors (Lipinski definition) is 3. The van der Waals surface area contributed by atoms with Crippen LogP contribution in [-0.4, -0.2) is 35.3 Å². The molecule has 0 amide bonds. The molecular weight excluding hydrogens is 292 g/mol. The number of aromatic nitrogens is 3. The Kier molecular flexibility index (Phi) is 4.70. The van der Waals surface area contributed by atoms with Crippen molar-refractivity contribution in [2.45, 2.75) is 18.4 Å². The van der Waals surface area contributed by atoms with Crippen molar-refractivity contribution >= 4 is 10.0 Å². The second-order valence-electron chi connectivity index (χ2n) is 4.22. The zero-order chi connectivity index (χ0) is 15.3. The van der Waals surface area contributed by atoms with E-state index in [1.807, 2.05) is 6.92 Å². The molecule has 2 aromatic rings. The van der Waals surface area contributed by atoms with Gasteiger partial charge in [0.25, 0.3) is 0 Å². The van der Waals surface area contributed by atoms with Crippen molar-refractivity contribution in [3.8, 4) is 11.8 Å². The summed E-state index contributed by atoms with van der Waals surface area (Å²) in [6.45, 7) is 1.50. The Morgan fingerprint density at radius 3 is 2.90 bits per heavy atom.